The molecule has 172 valence electrons. The number of rotatable bonds is 9. The van der Waals surface area contributed by atoms with Crippen molar-refractivity contribution in [3.8, 4) is 17.2 Å². The van der Waals surface area contributed by atoms with Crippen LogP contribution in [0.2, 0.25) is 0 Å². The zero-order chi connectivity index (χ0) is 23.8. The first-order valence-electron chi connectivity index (χ1n) is 10.0. The predicted molar refractivity (Wildman–Crippen MR) is 114 cm³/mol. The van der Waals surface area contributed by atoms with Crippen molar-refractivity contribution in [2.75, 3.05) is 0 Å². The molecule has 0 radical (unpaired) electrons. The molecule has 5 nitrogen and oxygen atoms in total. The van der Waals surface area contributed by atoms with Gasteiger partial charge in [0.15, 0.2) is 11.9 Å². The summed E-state index contributed by atoms with van der Waals surface area (Å²) in [5.41, 5.74) is 0.0578. The first-order valence-corrected chi connectivity index (χ1v) is 10.0. The lowest BCUT2D eigenvalue weighted by Gasteiger charge is -2.14. The Hall–Kier alpha value is -3.81. The second-order valence-electron chi connectivity index (χ2n) is 7.15. The minimum Gasteiger partial charge on any atom is -0.483 e. The Balaban J connectivity index is 1.47. The van der Waals surface area contributed by atoms with Crippen LogP contribution < -0.4 is 9.47 Å². The molecule has 0 amide bonds. The summed E-state index contributed by atoms with van der Waals surface area (Å²) in [6, 6.07) is 19.7. The Morgan fingerprint density at radius 2 is 1.36 bits per heavy atom. The molecule has 3 rings (SSSR count). The van der Waals surface area contributed by atoms with Crippen LogP contribution in [0, 0.1) is 0 Å². The molecule has 0 aliphatic carbocycles. The number of esters is 1. The summed E-state index contributed by atoms with van der Waals surface area (Å²) < 4.78 is 54.1. The Bertz CT molecular complexity index is 1060. The highest BCUT2D eigenvalue weighted by molar-refractivity contribution is 5.97. The Morgan fingerprint density at radius 3 is 1.94 bits per heavy atom. The largest absolute Gasteiger partial charge is 0.483 e. The van der Waals surface area contributed by atoms with Crippen molar-refractivity contribution < 1.29 is 37.0 Å². The van der Waals surface area contributed by atoms with E-state index in [9.17, 15) is 22.8 Å². The van der Waals surface area contributed by atoms with Crippen LogP contribution in [0.5, 0.6) is 17.2 Å². The van der Waals surface area contributed by atoms with Crippen LogP contribution in [0.3, 0.4) is 0 Å². The van der Waals surface area contributed by atoms with Crippen LogP contribution in [-0.2, 0) is 27.1 Å². The summed E-state index contributed by atoms with van der Waals surface area (Å²) in [5.74, 6) is -0.0779. The number of halogens is 3. The quantitative estimate of drug-likeness (QED) is 0.292. The minimum absolute atomic E-state index is 0.0859. The third kappa shape index (κ3) is 7.38. The van der Waals surface area contributed by atoms with Crippen molar-refractivity contribution in [2.24, 2.45) is 0 Å². The van der Waals surface area contributed by atoms with E-state index in [2.05, 4.69) is 0 Å². The number of carbonyl (C=O) groups is 2. The number of benzene rings is 3. The minimum atomic E-state index is -4.41. The summed E-state index contributed by atoms with van der Waals surface area (Å²) in [6.45, 7) is 1.61. The van der Waals surface area contributed by atoms with E-state index < -0.39 is 36.0 Å². The average Bonchev–Trinajstić information content (AvgIpc) is 2.79. The summed E-state index contributed by atoms with van der Waals surface area (Å²) in [7, 11) is 0. The molecule has 0 unspecified atom stereocenters. The van der Waals surface area contributed by atoms with E-state index in [0.29, 0.717) is 11.5 Å². The number of carbonyl (C=O) groups excluding carboxylic acids is 2. The molecular formula is C25H21F3O5. The molecule has 3 aromatic rings. The van der Waals surface area contributed by atoms with Crippen molar-refractivity contribution in [2.45, 2.75) is 32.2 Å². The number of ether oxygens (including phenoxy) is 3. The molecule has 0 aromatic heterocycles. The van der Waals surface area contributed by atoms with Crippen molar-refractivity contribution >= 4 is 11.8 Å². The molecule has 0 N–H and O–H groups in total. The van der Waals surface area contributed by atoms with E-state index in [0.717, 1.165) is 17.7 Å². The van der Waals surface area contributed by atoms with Gasteiger partial charge in [0.05, 0.1) is 5.56 Å². The van der Waals surface area contributed by atoms with Gasteiger partial charge in [-0.25, -0.2) is 0 Å². The van der Waals surface area contributed by atoms with Crippen molar-refractivity contribution in [1.29, 1.82) is 0 Å². The Morgan fingerprint density at radius 1 is 0.818 bits per heavy atom. The molecule has 0 fully saturated rings. The fourth-order valence-corrected chi connectivity index (χ4v) is 2.78. The molecule has 0 aliphatic rings. The van der Waals surface area contributed by atoms with Crippen LogP contribution in [-0.4, -0.2) is 17.9 Å². The summed E-state index contributed by atoms with van der Waals surface area (Å²) in [6.07, 6.45) is -5.70. The third-order valence-electron chi connectivity index (χ3n) is 4.57. The second kappa shape index (κ2) is 10.7. The van der Waals surface area contributed by atoms with Gasteiger partial charge < -0.3 is 14.2 Å². The van der Waals surface area contributed by atoms with E-state index in [-0.39, 0.29) is 12.4 Å². The lowest BCUT2D eigenvalue weighted by atomic mass is 10.2. The lowest BCUT2D eigenvalue weighted by molar-refractivity contribution is -0.148. The van der Waals surface area contributed by atoms with Gasteiger partial charge in [0.1, 0.15) is 30.3 Å². The normalized spacial score (nSPS) is 12.0. The molecular weight excluding hydrogens is 437 g/mol. The van der Waals surface area contributed by atoms with Crippen molar-refractivity contribution in [3.05, 3.63) is 90.0 Å². The summed E-state index contributed by atoms with van der Waals surface area (Å²) >= 11 is 0. The topological polar surface area (TPSA) is 61.8 Å². The van der Waals surface area contributed by atoms with Gasteiger partial charge in [0.2, 0.25) is 0 Å². The van der Waals surface area contributed by atoms with E-state index in [4.69, 9.17) is 14.2 Å². The summed E-state index contributed by atoms with van der Waals surface area (Å²) in [4.78, 5) is 24.1. The fraction of sp³-hybridized carbons (Fsp3) is 0.200. The van der Waals surface area contributed by atoms with Gasteiger partial charge in [-0.1, -0.05) is 30.3 Å². The van der Waals surface area contributed by atoms with Gasteiger partial charge >= 0.3 is 12.1 Å². The van der Waals surface area contributed by atoms with E-state index >= 15 is 0 Å². The van der Waals surface area contributed by atoms with Gasteiger partial charge in [0.25, 0.3) is 0 Å². The summed E-state index contributed by atoms with van der Waals surface area (Å²) in [5, 5.41) is 0. The maximum Gasteiger partial charge on any atom is 0.416 e. The molecule has 0 spiro atoms. The molecule has 0 aliphatic heterocycles. The monoisotopic (exact) mass is 458 g/mol. The molecule has 0 bridgehead atoms. The van der Waals surface area contributed by atoms with Crippen LogP contribution in [0.1, 0.15) is 24.5 Å². The standard InChI is InChI=1S/C25H21F3O5/c1-17(23(29)15-24(30)31-16-18-5-3-2-4-6-18)32-20-11-13-22(14-12-20)33-21-9-7-19(8-10-21)25(26,27)28/h2-14,17H,15-16H2,1H3/t17-/m1/s1. The zero-order valence-electron chi connectivity index (χ0n) is 17.7. The van der Waals surface area contributed by atoms with Gasteiger partial charge in [-0.2, -0.15) is 13.2 Å². The SMILES string of the molecule is C[C@@H](Oc1ccc(Oc2ccc(C(F)(F)F)cc2)cc1)C(=O)CC(=O)OCc1ccccc1. The molecule has 1 atom stereocenters. The van der Waals surface area contributed by atoms with Gasteiger partial charge in [-0.05, 0) is 61.0 Å². The van der Waals surface area contributed by atoms with Gasteiger partial charge in [-0.15, -0.1) is 0 Å². The Labute approximate surface area is 188 Å². The van der Waals surface area contributed by atoms with Gasteiger partial charge in [0, 0.05) is 0 Å². The highest BCUT2D eigenvalue weighted by Crippen LogP contribution is 2.31. The predicted octanol–water partition coefficient (Wildman–Crippen LogP) is 5.97. The van der Waals surface area contributed by atoms with E-state index in [1.807, 2.05) is 30.3 Å². The molecule has 0 heterocycles. The van der Waals surface area contributed by atoms with E-state index in [1.54, 1.807) is 24.3 Å². The second-order valence-corrected chi connectivity index (χ2v) is 7.15. The first-order chi connectivity index (χ1) is 15.7. The maximum atomic E-state index is 12.6. The average molecular weight is 458 g/mol. The molecule has 8 heteroatoms. The maximum absolute atomic E-state index is 12.6. The molecule has 0 saturated heterocycles. The fourth-order valence-electron chi connectivity index (χ4n) is 2.78. The number of ketones is 1. The lowest BCUT2D eigenvalue weighted by Crippen LogP contribution is -2.26. The molecule has 3 aromatic carbocycles. The number of hydrogen-bond acceptors (Lipinski definition) is 5. The first kappa shape index (κ1) is 23.8. The smallest absolute Gasteiger partial charge is 0.416 e. The molecule has 0 saturated carbocycles. The van der Waals surface area contributed by atoms with Crippen LogP contribution in [0.4, 0.5) is 13.2 Å². The van der Waals surface area contributed by atoms with Gasteiger partial charge in [-0.3, -0.25) is 9.59 Å². The number of hydrogen-bond donors (Lipinski definition) is 0. The number of Topliss-reactive ketones (excluding diaryl/α,β-unsaturated/α-hetero) is 1. The van der Waals surface area contributed by atoms with Crippen LogP contribution >= 0.6 is 0 Å². The zero-order valence-corrected chi connectivity index (χ0v) is 17.7. The van der Waals surface area contributed by atoms with Crippen molar-refractivity contribution in [1.82, 2.24) is 0 Å². The molecule has 33 heavy (non-hydrogen) atoms. The third-order valence-corrected chi connectivity index (χ3v) is 4.57. The highest BCUT2D eigenvalue weighted by Gasteiger charge is 2.30. The number of alkyl halides is 3. The van der Waals surface area contributed by atoms with Crippen LogP contribution in [0.15, 0.2) is 78.9 Å². The van der Waals surface area contributed by atoms with Crippen molar-refractivity contribution in [3.63, 3.8) is 0 Å². The van der Waals surface area contributed by atoms with E-state index in [1.165, 1.54) is 19.1 Å². The van der Waals surface area contributed by atoms with Crippen LogP contribution in [0.25, 0.3) is 0 Å². The highest BCUT2D eigenvalue weighted by atomic mass is 19.4. The Kier molecular flexibility index (Phi) is 7.71.